The van der Waals surface area contributed by atoms with E-state index in [9.17, 15) is 18.4 Å². The molecule has 0 unspecified atom stereocenters. The zero-order valence-corrected chi connectivity index (χ0v) is 13.3. The van der Waals surface area contributed by atoms with Crippen molar-refractivity contribution >= 4 is 11.8 Å². The molecule has 130 valence electrons. The van der Waals surface area contributed by atoms with Gasteiger partial charge >= 0.3 is 0 Å². The summed E-state index contributed by atoms with van der Waals surface area (Å²) in [4.78, 5) is 33.7. The third-order valence-electron chi connectivity index (χ3n) is 4.08. The summed E-state index contributed by atoms with van der Waals surface area (Å²) in [7, 11) is 0. The maximum absolute atomic E-state index is 13.3. The van der Waals surface area contributed by atoms with Gasteiger partial charge in [-0.15, -0.1) is 0 Å². The van der Waals surface area contributed by atoms with Crippen molar-refractivity contribution in [2.24, 2.45) is 0 Å². The molecule has 0 aliphatic carbocycles. The smallest absolute Gasteiger partial charge is 0.271 e. The Labute approximate surface area is 142 Å². The minimum Gasteiger partial charge on any atom is -0.348 e. The Morgan fingerprint density at radius 3 is 2.52 bits per heavy atom. The van der Waals surface area contributed by atoms with Crippen molar-refractivity contribution in [3.63, 3.8) is 0 Å². The molecular weight excluding hydrogens is 330 g/mol. The van der Waals surface area contributed by atoms with Crippen molar-refractivity contribution in [2.75, 3.05) is 13.1 Å². The van der Waals surface area contributed by atoms with Crippen LogP contribution in [0.15, 0.2) is 36.8 Å². The van der Waals surface area contributed by atoms with Crippen molar-refractivity contribution in [3.8, 4) is 0 Å². The van der Waals surface area contributed by atoms with Crippen LogP contribution in [0.3, 0.4) is 0 Å². The Hall–Kier alpha value is -2.90. The molecule has 0 spiro atoms. The lowest BCUT2D eigenvalue weighted by molar-refractivity contribution is 0.0697. The second kappa shape index (κ2) is 7.33. The topological polar surface area (TPSA) is 75.2 Å². The number of hydrogen-bond donors (Lipinski definition) is 1. The van der Waals surface area contributed by atoms with Gasteiger partial charge in [-0.05, 0) is 31.0 Å². The highest BCUT2D eigenvalue weighted by Crippen LogP contribution is 2.16. The third-order valence-corrected chi connectivity index (χ3v) is 4.08. The summed E-state index contributed by atoms with van der Waals surface area (Å²) in [6.07, 6.45) is 5.46. The van der Waals surface area contributed by atoms with Gasteiger partial charge in [-0.25, -0.2) is 13.8 Å². The van der Waals surface area contributed by atoms with Crippen LogP contribution in [0.1, 0.15) is 33.7 Å². The number of halogens is 2. The lowest BCUT2D eigenvalue weighted by Crippen LogP contribution is -2.46. The van der Waals surface area contributed by atoms with Gasteiger partial charge in [-0.1, -0.05) is 0 Å². The number of hydrogen-bond acceptors (Lipinski definition) is 4. The Morgan fingerprint density at radius 2 is 1.88 bits per heavy atom. The number of benzene rings is 1. The highest BCUT2D eigenvalue weighted by atomic mass is 19.2. The maximum atomic E-state index is 13.3. The fourth-order valence-corrected chi connectivity index (χ4v) is 2.71. The SMILES string of the molecule is O=C(NC1CCN(C(=O)c2ccc(F)c(F)c2)CC1)c1cnccn1. The van der Waals surface area contributed by atoms with Crippen molar-refractivity contribution in [3.05, 3.63) is 59.7 Å². The quantitative estimate of drug-likeness (QED) is 0.919. The number of aromatic nitrogens is 2. The average Bonchev–Trinajstić information content (AvgIpc) is 2.65. The van der Waals surface area contributed by atoms with Gasteiger partial charge in [0.15, 0.2) is 11.6 Å². The van der Waals surface area contributed by atoms with E-state index >= 15 is 0 Å². The van der Waals surface area contributed by atoms with E-state index in [2.05, 4.69) is 15.3 Å². The molecule has 0 radical (unpaired) electrons. The molecule has 2 amide bonds. The van der Waals surface area contributed by atoms with Gasteiger partial charge in [0.05, 0.1) is 6.20 Å². The Kier molecular flexibility index (Phi) is 4.97. The van der Waals surface area contributed by atoms with Gasteiger partial charge < -0.3 is 10.2 Å². The summed E-state index contributed by atoms with van der Waals surface area (Å²) in [5, 5.41) is 2.86. The maximum Gasteiger partial charge on any atom is 0.271 e. The summed E-state index contributed by atoms with van der Waals surface area (Å²) < 4.78 is 26.2. The van der Waals surface area contributed by atoms with E-state index in [4.69, 9.17) is 0 Å². The fraction of sp³-hybridized carbons (Fsp3) is 0.294. The van der Waals surface area contributed by atoms with Crippen LogP contribution >= 0.6 is 0 Å². The average molecular weight is 346 g/mol. The first-order valence-electron chi connectivity index (χ1n) is 7.86. The van der Waals surface area contributed by atoms with Gasteiger partial charge in [0.25, 0.3) is 11.8 Å². The number of nitrogens with zero attached hydrogens (tertiary/aromatic N) is 3. The van der Waals surface area contributed by atoms with Crippen molar-refractivity contribution in [2.45, 2.75) is 18.9 Å². The monoisotopic (exact) mass is 346 g/mol. The molecule has 1 fully saturated rings. The second-order valence-electron chi connectivity index (χ2n) is 5.76. The number of carbonyl (C=O) groups excluding carboxylic acids is 2. The molecule has 1 aromatic carbocycles. The summed E-state index contributed by atoms with van der Waals surface area (Å²) >= 11 is 0. The van der Waals surface area contributed by atoms with Crippen LogP contribution in [0.5, 0.6) is 0 Å². The molecule has 1 aliphatic rings. The molecule has 0 saturated carbocycles. The number of nitrogens with one attached hydrogen (secondary N) is 1. The van der Waals surface area contributed by atoms with Gasteiger partial charge in [0.1, 0.15) is 5.69 Å². The third kappa shape index (κ3) is 3.96. The van der Waals surface area contributed by atoms with E-state index in [0.29, 0.717) is 25.9 Å². The summed E-state index contributed by atoms with van der Waals surface area (Å²) in [6.45, 7) is 0.840. The molecule has 25 heavy (non-hydrogen) atoms. The standard InChI is InChI=1S/C17H16F2N4O2/c18-13-2-1-11(9-14(13)19)17(25)23-7-3-12(4-8-23)22-16(24)15-10-20-5-6-21-15/h1-2,5-6,9-10,12H,3-4,7-8H2,(H,22,24). The number of rotatable bonds is 3. The molecule has 1 aromatic heterocycles. The van der Waals surface area contributed by atoms with Gasteiger partial charge in [-0.3, -0.25) is 14.6 Å². The van der Waals surface area contributed by atoms with E-state index in [1.54, 1.807) is 4.90 Å². The lowest BCUT2D eigenvalue weighted by atomic mass is 10.0. The van der Waals surface area contributed by atoms with Crippen molar-refractivity contribution < 1.29 is 18.4 Å². The first-order chi connectivity index (χ1) is 12.0. The van der Waals surface area contributed by atoms with Crippen LogP contribution in [0.25, 0.3) is 0 Å². The molecular formula is C17H16F2N4O2. The minimum atomic E-state index is -1.04. The number of likely N-dealkylation sites (tertiary alicyclic amines) is 1. The van der Waals surface area contributed by atoms with Crippen LogP contribution in [0, 0.1) is 11.6 Å². The molecule has 2 aromatic rings. The highest BCUT2D eigenvalue weighted by Gasteiger charge is 2.25. The van der Waals surface area contributed by atoms with Crippen molar-refractivity contribution in [1.82, 2.24) is 20.2 Å². The molecule has 8 heteroatoms. The zero-order chi connectivity index (χ0) is 17.8. The molecule has 1 N–H and O–H groups in total. The minimum absolute atomic E-state index is 0.0801. The fourth-order valence-electron chi connectivity index (χ4n) is 2.71. The molecule has 0 atom stereocenters. The molecule has 2 heterocycles. The van der Waals surface area contributed by atoms with Gasteiger partial charge in [0, 0.05) is 37.1 Å². The van der Waals surface area contributed by atoms with Crippen LogP contribution in [-0.2, 0) is 0 Å². The number of carbonyl (C=O) groups is 2. The second-order valence-corrected chi connectivity index (χ2v) is 5.76. The first kappa shape index (κ1) is 16.9. The highest BCUT2D eigenvalue weighted by molar-refractivity contribution is 5.94. The lowest BCUT2D eigenvalue weighted by Gasteiger charge is -2.32. The molecule has 3 rings (SSSR count). The van der Waals surface area contributed by atoms with E-state index in [0.717, 1.165) is 12.1 Å². The van der Waals surface area contributed by atoms with Crippen LogP contribution < -0.4 is 5.32 Å². The van der Waals surface area contributed by atoms with E-state index in [-0.39, 0.29) is 29.1 Å². The van der Waals surface area contributed by atoms with Crippen molar-refractivity contribution in [1.29, 1.82) is 0 Å². The van der Waals surface area contributed by atoms with Crippen LogP contribution in [0.2, 0.25) is 0 Å². The Morgan fingerprint density at radius 1 is 1.12 bits per heavy atom. The summed E-state index contributed by atoms with van der Waals surface area (Å²) in [5.74, 6) is -2.69. The molecule has 0 bridgehead atoms. The first-order valence-corrected chi connectivity index (χ1v) is 7.86. The molecule has 6 nitrogen and oxygen atoms in total. The Balaban J connectivity index is 1.55. The van der Waals surface area contributed by atoms with E-state index < -0.39 is 11.6 Å². The van der Waals surface area contributed by atoms with Gasteiger partial charge in [-0.2, -0.15) is 0 Å². The number of amides is 2. The van der Waals surface area contributed by atoms with Gasteiger partial charge in [0.2, 0.25) is 0 Å². The summed E-state index contributed by atoms with van der Waals surface area (Å²) in [5.41, 5.74) is 0.351. The normalized spacial score (nSPS) is 15.0. The zero-order valence-electron chi connectivity index (χ0n) is 13.3. The summed E-state index contributed by atoms with van der Waals surface area (Å²) in [6, 6.07) is 3.03. The predicted octanol–water partition coefficient (Wildman–Crippen LogP) is 1.79. The largest absolute Gasteiger partial charge is 0.348 e. The number of piperidine rings is 1. The Bertz CT molecular complexity index is 777. The predicted molar refractivity (Wildman–Crippen MR) is 84.8 cm³/mol. The van der Waals surface area contributed by atoms with Crippen LogP contribution in [-0.4, -0.2) is 45.8 Å². The molecule has 1 saturated heterocycles. The van der Waals surface area contributed by atoms with Crippen LogP contribution in [0.4, 0.5) is 8.78 Å². The van der Waals surface area contributed by atoms with E-state index in [1.807, 2.05) is 0 Å². The molecule has 1 aliphatic heterocycles. The van der Waals surface area contributed by atoms with E-state index in [1.165, 1.54) is 24.7 Å².